The first-order chi connectivity index (χ1) is 14.1. The molecular weight excluding hydrogens is 390 g/mol. The van der Waals surface area contributed by atoms with E-state index >= 15 is 0 Å². The third kappa shape index (κ3) is 5.98. The number of nitro benzene ring substituents is 1. The minimum atomic E-state index is -0.488. The molecule has 0 saturated carbocycles. The van der Waals surface area contributed by atoms with Gasteiger partial charge in [0.1, 0.15) is 5.69 Å². The highest BCUT2D eigenvalue weighted by molar-refractivity contribution is 6.33. The number of anilines is 1. The summed E-state index contributed by atoms with van der Waals surface area (Å²) in [6, 6.07) is 12.1. The van der Waals surface area contributed by atoms with E-state index in [1.807, 2.05) is 12.1 Å². The SMILES string of the molecule is CCN(CC[NH+]1CCCCC1)c1ccc(N=Nc2ccc([N+](=O)[O-])cc2Cl)cc1. The number of rotatable bonds is 8. The molecule has 0 spiro atoms. The smallest absolute Gasteiger partial charge is 0.271 e. The van der Waals surface area contributed by atoms with Crippen molar-refractivity contribution in [1.82, 2.24) is 0 Å². The molecule has 0 aliphatic carbocycles. The molecule has 0 atom stereocenters. The monoisotopic (exact) mass is 416 g/mol. The van der Waals surface area contributed by atoms with Crippen LogP contribution in [-0.2, 0) is 0 Å². The van der Waals surface area contributed by atoms with Crippen molar-refractivity contribution in [2.45, 2.75) is 26.2 Å². The molecule has 0 unspecified atom stereocenters. The number of hydrogen-bond donors (Lipinski definition) is 1. The lowest BCUT2D eigenvalue weighted by Crippen LogP contribution is -3.13. The topological polar surface area (TPSA) is 75.5 Å². The molecule has 1 aliphatic rings. The normalized spacial score (nSPS) is 15.0. The summed E-state index contributed by atoms with van der Waals surface area (Å²) < 4.78 is 0. The molecule has 7 nitrogen and oxygen atoms in total. The van der Waals surface area contributed by atoms with Crippen molar-refractivity contribution >= 4 is 34.4 Å². The number of quaternary nitrogens is 1. The number of likely N-dealkylation sites (N-methyl/N-ethyl adjacent to an activating group) is 1. The van der Waals surface area contributed by atoms with Crippen molar-refractivity contribution in [2.75, 3.05) is 37.6 Å². The first-order valence-corrected chi connectivity index (χ1v) is 10.5. The fourth-order valence-electron chi connectivity index (χ4n) is 3.60. The van der Waals surface area contributed by atoms with E-state index in [1.54, 1.807) is 4.90 Å². The highest BCUT2D eigenvalue weighted by Gasteiger charge is 2.15. The molecule has 1 heterocycles. The third-order valence-corrected chi connectivity index (χ3v) is 5.61. The molecule has 29 heavy (non-hydrogen) atoms. The Labute approximate surface area is 176 Å². The molecule has 1 N–H and O–H groups in total. The first kappa shape index (κ1) is 21.2. The van der Waals surface area contributed by atoms with Gasteiger partial charge in [-0.05, 0) is 56.5 Å². The Bertz CT molecular complexity index is 851. The van der Waals surface area contributed by atoms with Gasteiger partial charge in [-0.15, -0.1) is 5.11 Å². The molecule has 0 bridgehead atoms. The van der Waals surface area contributed by atoms with E-state index in [0.29, 0.717) is 11.4 Å². The van der Waals surface area contributed by atoms with E-state index in [9.17, 15) is 10.1 Å². The van der Waals surface area contributed by atoms with Gasteiger partial charge in [-0.3, -0.25) is 10.1 Å². The van der Waals surface area contributed by atoms with Gasteiger partial charge in [0.25, 0.3) is 5.69 Å². The van der Waals surface area contributed by atoms with Crippen molar-refractivity contribution < 1.29 is 9.82 Å². The van der Waals surface area contributed by atoms with Gasteiger partial charge >= 0.3 is 0 Å². The highest BCUT2D eigenvalue weighted by atomic mass is 35.5. The van der Waals surface area contributed by atoms with Crippen molar-refractivity contribution in [3.05, 3.63) is 57.6 Å². The second-order valence-corrected chi connectivity index (χ2v) is 7.66. The van der Waals surface area contributed by atoms with Crippen LogP contribution in [0.25, 0.3) is 0 Å². The van der Waals surface area contributed by atoms with Crippen molar-refractivity contribution in [3.63, 3.8) is 0 Å². The zero-order chi connectivity index (χ0) is 20.6. The van der Waals surface area contributed by atoms with Gasteiger partial charge in [-0.2, -0.15) is 5.11 Å². The minimum absolute atomic E-state index is 0.0654. The van der Waals surface area contributed by atoms with Gasteiger partial charge < -0.3 is 9.80 Å². The van der Waals surface area contributed by atoms with Crippen LogP contribution >= 0.6 is 11.6 Å². The van der Waals surface area contributed by atoms with E-state index in [2.05, 4.69) is 34.2 Å². The number of likely N-dealkylation sites (tertiary alicyclic amines) is 1. The average Bonchev–Trinajstić information content (AvgIpc) is 2.75. The maximum absolute atomic E-state index is 10.8. The quantitative estimate of drug-likeness (QED) is 0.389. The summed E-state index contributed by atoms with van der Waals surface area (Å²) in [5, 5.41) is 19.3. The second-order valence-electron chi connectivity index (χ2n) is 7.25. The third-order valence-electron chi connectivity index (χ3n) is 5.31. The van der Waals surface area contributed by atoms with E-state index in [0.717, 1.165) is 13.1 Å². The standard InChI is InChI=1S/C21H26ClN5O2/c1-2-26(15-14-25-12-4-3-5-13-25)18-8-6-17(7-9-18)23-24-21-11-10-19(27(28)29)16-20(21)22/h6-11,16H,2-5,12-15H2,1H3/p+1. The number of non-ortho nitro benzene ring substituents is 1. The maximum atomic E-state index is 10.8. The molecule has 1 aliphatic heterocycles. The Kier molecular flexibility index (Phi) is 7.55. The molecule has 0 amide bonds. The lowest BCUT2D eigenvalue weighted by atomic mass is 10.1. The highest BCUT2D eigenvalue weighted by Crippen LogP contribution is 2.30. The molecule has 1 saturated heterocycles. The maximum Gasteiger partial charge on any atom is 0.271 e. The molecule has 0 radical (unpaired) electrons. The van der Waals surface area contributed by atoms with Gasteiger partial charge in [0.15, 0.2) is 0 Å². The van der Waals surface area contributed by atoms with Gasteiger partial charge in [-0.25, -0.2) is 0 Å². The summed E-state index contributed by atoms with van der Waals surface area (Å²) in [5.74, 6) is 0. The van der Waals surface area contributed by atoms with Crippen LogP contribution in [0.3, 0.4) is 0 Å². The van der Waals surface area contributed by atoms with Gasteiger partial charge in [0, 0.05) is 24.4 Å². The van der Waals surface area contributed by atoms with Crippen LogP contribution in [0.1, 0.15) is 26.2 Å². The predicted molar refractivity (Wildman–Crippen MR) is 116 cm³/mol. The minimum Gasteiger partial charge on any atom is -0.366 e. The van der Waals surface area contributed by atoms with E-state index < -0.39 is 4.92 Å². The summed E-state index contributed by atoms with van der Waals surface area (Å²) >= 11 is 6.06. The number of piperidine rings is 1. The van der Waals surface area contributed by atoms with Crippen LogP contribution in [0.2, 0.25) is 5.02 Å². The summed E-state index contributed by atoms with van der Waals surface area (Å²) in [4.78, 5) is 14.4. The van der Waals surface area contributed by atoms with E-state index in [1.165, 1.54) is 62.8 Å². The summed E-state index contributed by atoms with van der Waals surface area (Å²) in [5.41, 5.74) is 2.22. The Balaban J connectivity index is 1.61. The molecule has 1 fully saturated rings. The van der Waals surface area contributed by atoms with Gasteiger partial charge in [0.05, 0.1) is 41.8 Å². The second kappa shape index (κ2) is 10.3. The van der Waals surface area contributed by atoms with Gasteiger partial charge in [0.2, 0.25) is 0 Å². The zero-order valence-electron chi connectivity index (χ0n) is 16.7. The van der Waals surface area contributed by atoms with Crippen LogP contribution in [0, 0.1) is 10.1 Å². The van der Waals surface area contributed by atoms with Crippen molar-refractivity contribution in [1.29, 1.82) is 0 Å². The van der Waals surface area contributed by atoms with E-state index in [-0.39, 0.29) is 10.7 Å². The Morgan fingerprint density at radius 3 is 2.45 bits per heavy atom. The van der Waals surface area contributed by atoms with Crippen LogP contribution in [-0.4, -0.2) is 37.6 Å². The average molecular weight is 417 g/mol. The van der Waals surface area contributed by atoms with Crippen LogP contribution in [0.15, 0.2) is 52.7 Å². The molecule has 0 aromatic heterocycles. The Morgan fingerprint density at radius 1 is 1.10 bits per heavy atom. The predicted octanol–water partition coefficient (Wildman–Crippen LogP) is 4.56. The number of halogens is 1. The van der Waals surface area contributed by atoms with Gasteiger partial charge in [-0.1, -0.05) is 11.6 Å². The lowest BCUT2D eigenvalue weighted by Gasteiger charge is -2.28. The molecule has 2 aromatic rings. The summed E-state index contributed by atoms with van der Waals surface area (Å²) in [6.07, 6.45) is 4.07. The fourth-order valence-corrected chi connectivity index (χ4v) is 3.81. The number of nitro groups is 1. The molecular formula is C21H27ClN5O2+. The molecule has 3 rings (SSSR count). The largest absolute Gasteiger partial charge is 0.366 e. The molecule has 2 aromatic carbocycles. The number of nitrogens with zero attached hydrogens (tertiary/aromatic N) is 4. The molecule has 154 valence electrons. The number of nitrogens with one attached hydrogen (secondary N) is 1. The van der Waals surface area contributed by atoms with Crippen LogP contribution in [0.4, 0.5) is 22.7 Å². The lowest BCUT2D eigenvalue weighted by molar-refractivity contribution is -0.903. The summed E-state index contributed by atoms with van der Waals surface area (Å²) in [6.45, 7) is 7.95. The molecule has 8 heteroatoms. The Hall–Kier alpha value is -2.51. The number of hydrogen-bond acceptors (Lipinski definition) is 5. The number of azo groups is 1. The van der Waals surface area contributed by atoms with Crippen molar-refractivity contribution in [3.8, 4) is 0 Å². The van der Waals surface area contributed by atoms with Crippen molar-refractivity contribution in [2.24, 2.45) is 10.2 Å². The van der Waals surface area contributed by atoms with E-state index in [4.69, 9.17) is 11.6 Å². The zero-order valence-corrected chi connectivity index (χ0v) is 17.4. The summed E-state index contributed by atoms with van der Waals surface area (Å²) in [7, 11) is 0. The Morgan fingerprint density at radius 2 is 1.83 bits per heavy atom. The number of benzene rings is 2. The van der Waals surface area contributed by atoms with Crippen LogP contribution < -0.4 is 9.80 Å². The fraction of sp³-hybridized carbons (Fsp3) is 0.429. The first-order valence-electron chi connectivity index (χ1n) is 10.1. The van der Waals surface area contributed by atoms with Crippen LogP contribution in [0.5, 0.6) is 0 Å².